The van der Waals surface area contributed by atoms with Crippen molar-refractivity contribution in [3.8, 4) is 0 Å². The maximum atomic E-state index is 13.8. The van der Waals surface area contributed by atoms with E-state index in [9.17, 15) is 9.18 Å². The molecule has 2 heterocycles. The normalized spacial score (nSPS) is 23.2. The van der Waals surface area contributed by atoms with E-state index in [2.05, 4.69) is 15.4 Å². The van der Waals surface area contributed by atoms with Crippen molar-refractivity contribution in [1.29, 1.82) is 0 Å². The second kappa shape index (κ2) is 5.35. The molecule has 1 aliphatic rings. The van der Waals surface area contributed by atoms with Crippen molar-refractivity contribution >= 4 is 17.7 Å². The van der Waals surface area contributed by atoms with E-state index >= 15 is 0 Å². The monoisotopic (exact) mass is 268 g/mol. The Morgan fingerprint density at radius 3 is 2.95 bits per heavy atom. The lowest BCUT2D eigenvalue weighted by molar-refractivity contribution is -0.122. The number of nitrogens with two attached hydrogens (primary N) is 2. The van der Waals surface area contributed by atoms with E-state index in [1.54, 1.807) is 4.90 Å². The number of nitrogens with one attached hydrogen (secondary N) is 1. The Morgan fingerprint density at radius 2 is 2.32 bits per heavy atom. The summed E-state index contributed by atoms with van der Waals surface area (Å²) < 4.78 is 13.8. The van der Waals surface area contributed by atoms with Gasteiger partial charge in [0.05, 0.1) is 12.1 Å². The van der Waals surface area contributed by atoms with Crippen LogP contribution in [-0.4, -0.2) is 28.5 Å². The average molecular weight is 268 g/mol. The van der Waals surface area contributed by atoms with Crippen LogP contribution in [0.1, 0.15) is 19.8 Å². The summed E-state index contributed by atoms with van der Waals surface area (Å²) in [5.74, 6) is 4.28. The molecule has 5 N–H and O–H groups in total. The van der Waals surface area contributed by atoms with Crippen molar-refractivity contribution < 1.29 is 9.18 Å². The highest BCUT2D eigenvalue weighted by Gasteiger charge is 2.31. The van der Waals surface area contributed by atoms with Crippen molar-refractivity contribution in [1.82, 2.24) is 9.97 Å². The molecule has 0 bridgehead atoms. The molecule has 2 unspecified atom stereocenters. The van der Waals surface area contributed by atoms with E-state index in [0.717, 1.165) is 12.6 Å². The van der Waals surface area contributed by atoms with Gasteiger partial charge in [-0.05, 0) is 19.8 Å². The Hall–Kier alpha value is -1.96. The van der Waals surface area contributed by atoms with E-state index in [-0.39, 0.29) is 29.6 Å². The number of aromatic nitrogens is 2. The molecule has 8 heteroatoms. The van der Waals surface area contributed by atoms with Gasteiger partial charge in [0, 0.05) is 12.6 Å². The number of amides is 1. The van der Waals surface area contributed by atoms with Crippen LogP contribution in [0.3, 0.4) is 0 Å². The molecule has 0 aliphatic carbocycles. The topological polar surface area (TPSA) is 110 Å². The zero-order valence-electron chi connectivity index (χ0n) is 10.6. The molecule has 7 nitrogen and oxygen atoms in total. The second-order valence-electron chi connectivity index (χ2n) is 4.69. The van der Waals surface area contributed by atoms with Crippen LogP contribution in [0.4, 0.5) is 16.2 Å². The number of hydrogen-bond donors (Lipinski definition) is 3. The van der Waals surface area contributed by atoms with Gasteiger partial charge in [0.15, 0.2) is 11.6 Å². The number of nitrogen functional groups attached to an aromatic ring is 1. The maximum Gasteiger partial charge on any atom is 0.239 e. The number of nitrogens with zero attached hydrogens (tertiary/aromatic N) is 3. The number of halogens is 1. The molecule has 1 amide bonds. The summed E-state index contributed by atoms with van der Waals surface area (Å²) in [6, 6.07) is 0.0747. The third-order valence-electron chi connectivity index (χ3n) is 3.41. The van der Waals surface area contributed by atoms with Gasteiger partial charge in [-0.1, -0.05) is 0 Å². The minimum atomic E-state index is -0.545. The third kappa shape index (κ3) is 2.73. The molecule has 0 radical (unpaired) electrons. The minimum Gasteiger partial charge on any atom is -0.369 e. The van der Waals surface area contributed by atoms with Gasteiger partial charge >= 0.3 is 0 Å². The fraction of sp³-hybridized carbons (Fsp3) is 0.545. The molecular weight excluding hydrogens is 251 g/mol. The number of hydrazine groups is 1. The molecule has 1 saturated heterocycles. The van der Waals surface area contributed by atoms with Crippen LogP contribution in [-0.2, 0) is 4.79 Å². The smallest absolute Gasteiger partial charge is 0.239 e. The number of carbonyl (C=O) groups excluding carboxylic acids is 1. The SMILES string of the molecule is CC1CCC(C(N)=O)CN1c1nc(NN)ncc1F. The van der Waals surface area contributed by atoms with Gasteiger partial charge in [0.1, 0.15) is 0 Å². The molecule has 0 saturated carbocycles. The largest absolute Gasteiger partial charge is 0.369 e. The van der Waals surface area contributed by atoms with Crippen molar-refractivity contribution in [3.63, 3.8) is 0 Å². The van der Waals surface area contributed by atoms with Crippen molar-refractivity contribution in [2.24, 2.45) is 17.5 Å². The number of carbonyl (C=O) groups is 1. The van der Waals surface area contributed by atoms with Crippen molar-refractivity contribution in [2.45, 2.75) is 25.8 Å². The standard InChI is InChI=1S/C11H17FN6O/c1-6-2-3-7(9(13)19)5-18(6)10-8(12)4-15-11(16-10)17-14/h4,6-7H,2-3,5,14H2,1H3,(H2,13,19)(H,15,16,17). The molecule has 1 aromatic rings. The number of anilines is 2. The summed E-state index contributed by atoms with van der Waals surface area (Å²) in [5.41, 5.74) is 7.60. The first-order valence-electron chi connectivity index (χ1n) is 6.08. The van der Waals surface area contributed by atoms with Gasteiger partial charge in [0.2, 0.25) is 11.9 Å². The molecule has 2 atom stereocenters. The Balaban J connectivity index is 2.30. The summed E-state index contributed by atoms with van der Waals surface area (Å²) in [4.78, 5) is 20.7. The highest BCUT2D eigenvalue weighted by atomic mass is 19.1. The van der Waals surface area contributed by atoms with Gasteiger partial charge in [-0.15, -0.1) is 0 Å². The van der Waals surface area contributed by atoms with E-state index in [0.29, 0.717) is 13.0 Å². The number of primary amides is 1. The first-order valence-corrected chi connectivity index (χ1v) is 6.08. The molecule has 1 aromatic heterocycles. The van der Waals surface area contributed by atoms with E-state index in [1.807, 2.05) is 6.92 Å². The molecule has 1 aliphatic heterocycles. The maximum absolute atomic E-state index is 13.8. The van der Waals surface area contributed by atoms with Crippen LogP contribution in [0.15, 0.2) is 6.20 Å². The first kappa shape index (κ1) is 13.5. The number of hydrogen-bond acceptors (Lipinski definition) is 6. The highest BCUT2D eigenvalue weighted by Crippen LogP contribution is 2.28. The minimum absolute atomic E-state index is 0.0747. The van der Waals surface area contributed by atoms with E-state index in [4.69, 9.17) is 11.6 Å². The summed E-state index contributed by atoms with van der Waals surface area (Å²) in [6.45, 7) is 2.31. The van der Waals surface area contributed by atoms with Crippen LogP contribution in [0.5, 0.6) is 0 Å². The fourth-order valence-corrected chi connectivity index (χ4v) is 2.26. The fourth-order valence-electron chi connectivity index (χ4n) is 2.26. The summed E-state index contributed by atoms with van der Waals surface area (Å²) in [5, 5.41) is 0. The molecule has 19 heavy (non-hydrogen) atoms. The summed E-state index contributed by atoms with van der Waals surface area (Å²) in [7, 11) is 0. The van der Waals surface area contributed by atoms with Crippen LogP contribution in [0.2, 0.25) is 0 Å². The lowest BCUT2D eigenvalue weighted by Crippen LogP contribution is -2.46. The van der Waals surface area contributed by atoms with Crippen LogP contribution in [0.25, 0.3) is 0 Å². The molecule has 104 valence electrons. The molecular formula is C11H17FN6O. The van der Waals surface area contributed by atoms with Crippen LogP contribution < -0.4 is 21.9 Å². The molecule has 0 aromatic carbocycles. The van der Waals surface area contributed by atoms with Crippen molar-refractivity contribution in [3.05, 3.63) is 12.0 Å². The Bertz CT molecular complexity index is 482. The molecule has 0 spiro atoms. The average Bonchev–Trinajstić information content (AvgIpc) is 2.40. The predicted octanol–water partition coefficient (Wildman–Crippen LogP) is -0.00850. The Labute approximate surface area is 110 Å². The highest BCUT2D eigenvalue weighted by molar-refractivity contribution is 5.77. The third-order valence-corrected chi connectivity index (χ3v) is 3.41. The van der Waals surface area contributed by atoms with E-state index < -0.39 is 5.82 Å². The summed E-state index contributed by atoms with van der Waals surface area (Å²) in [6.07, 6.45) is 2.52. The number of piperidine rings is 1. The van der Waals surface area contributed by atoms with Gasteiger partial charge in [-0.2, -0.15) is 4.98 Å². The predicted molar refractivity (Wildman–Crippen MR) is 68.5 cm³/mol. The second-order valence-corrected chi connectivity index (χ2v) is 4.69. The van der Waals surface area contributed by atoms with Crippen LogP contribution in [0, 0.1) is 11.7 Å². The van der Waals surface area contributed by atoms with Crippen molar-refractivity contribution in [2.75, 3.05) is 16.9 Å². The summed E-state index contributed by atoms with van der Waals surface area (Å²) >= 11 is 0. The van der Waals surface area contributed by atoms with Gasteiger partial charge in [-0.25, -0.2) is 15.2 Å². The van der Waals surface area contributed by atoms with Gasteiger partial charge in [-0.3, -0.25) is 10.2 Å². The molecule has 2 rings (SSSR count). The van der Waals surface area contributed by atoms with Gasteiger partial charge < -0.3 is 10.6 Å². The van der Waals surface area contributed by atoms with Gasteiger partial charge in [0.25, 0.3) is 0 Å². The first-order chi connectivity index (χ1) is 9.02. The Morgan fingerprint density at radius 1 is 1.58 bits per heavy atom. The van der Waals surface area contributed by atoms with Crippen LogP contribution >= 0.6 is 0 Å². The zero-order chi connectivity index (χ0) is 14.0. The number of rotatable bonds is 3. The lowest BCUT2D eigenvalue weighted by Gasteiger charge is -2.37. The molecule has 1 fully saturated rings. The zero-order valence-corrected chi connectivity index (χ0v) is 10.6. The lowest BCUT2D eigenvalue weighted by atomic mass is 9.93. The quantitative estimate of drug-likeness (QED) is 0.525. The Kier molecular flexibility index (Phi) is 3.79. The van der Waals surface area contributed by atoms with E-state index in [1.165, 1.54) is 0 Å².